The van der Waals surface area contributed by atoms with Gasteiger partial charge in [0.25, 0.3) is 11.4 Å². The molecule has 10 nitrogen and oxygen atoms in total. The van der Waals surface area contributed by atoms with Gasteiger partial charge in [0.2, 0.25) is 11.8 Å². The maximum Gasteiger partial charge on any atom is 0.279 e. The Morgan fingerprint density at radius 3 is 1.44 bits per heavy atom. The van der Waals surface area contributed by atoms with Gasteiger partial charge in [0.1, 0.15) is 5.56 Å². The number of nitro groups is 2. The van der Waals surface area contributed by atoms with Crippen LogP contribution in [0.1, 0.15) is 19.4 Å². The molecule has 0 bridgehead atoms. The van der Waals surface area contributed by atoms with E-state index in [2.05, 4.69) is 22.6 Å². The van der Waals surface area contributed by atoms with Crippen LogP contribution in [-0.4, -0.2) is 35.8 Å². The molecular formula is C19H17I3N4O6. The number of halogens is 3. The van der Waals surface area contributed by atoms with Crippen LogP contribution in [0, 0.1) is 37.9 Å². The Bertz CT molecular complexity index is 1100. The Labute approximate surface area is 224 Å². The fraction of sp³-hybridized carbons (Fsp3) is 0.263. The van der Waals surface area contributed by atoms with Crippen LogP contribution in [0.4, 0.5) is 22.7 Å². The number of rotatable bonds is 5. The van der Waals surface area contributed by atoms with Gasteiger partial charge in [-0.2, -0.15) is 0 Å². The Balaban J connectivity index is 3.11. The van der Waals surface area contributed by atoms with E-state index in [1.54, 1.807) is 14.1 Å². The van der Waals surface area contributed by atoms with Crippen LogP contribution in [0.25, 0.3) is 11.1 Å². The number of hydrogen-bond donors (Lipinski definition) is 0. The average molecular weight is 778 g/mol. The van der Waals surface area contributed by atoms with Crippen LogP contribution >= 0.6 is 67.8 Å². The summed E-state index contributed by atoms with van der Waals surface area (Å²) >= 11 is 6.10. The van der Waals surface area contributed by atoms with E-state index in [-0.39, 0.29) is 34.3 Å². The monoisotopic (exact) mass is 778 g/mol. The zero-order chi connectivity index (χ0) is 24.7. The molecule has 2 amide bonds. The molecule has 13 heteroatoms. The molecule has 0 unspecified atom stereocenters. The van der Waals surface area contributed by atoms with Crippen molar-refractivity contribution in [2.24, 2.45) is 0 Å². The van der Waals surface area contributed by atoms with E-state index in [0.29, 0.717) is 27.6 Å². The van der Waals surface area contributed by atoms with E-state index in [1.807, 2.05) is 45.2 Å². The van der Waals surface area contributed by atoms with Gasteiger partial charge in [-0.05, 0) is 80.3 Å². The van der Waals surface area contributed by atoms with Crippen LogP contribution < -0.4 is 9.80 Å². The molecule has 0 fully saturated rings. The molecule has 0 N–H and O–H groups in total. The molecule has 0 spiro atoms. The van der Waals surface area contributed by atoms with Crippen LogP contribution in [-0.2, 0) is 9.59 Å². The van der Waals surface area contributed by atoms with Gasteiger partial charge in [0, 0.05) is 52.8 Å². The summed E-state index contributed by atoms with van der Waals surface area (Å²) in [6.45, 7) is 4.10. The molecule has 2 aromatic carbocycles. The Morgan fingerprint density at radius 1 is 0.812 bits per heavy atom. The van der Waals surface area contributed by atoms with Crippen molar-refractivity contribution in [3.63, 3.8) is 0 Å². The second kappa shape index (κ2) is 10.1. The number of hydrogen-bond acceptors (Lipinski definition) is 6. The summed E-state index contributed by atoms with van der Waals surface area (Å²) in [5.41, 5.74) is 0.886. The Kier molecular flexibility index (Phi) is 8.41. The molecule has 0 saturated carbocycles. The van der Waals surface area contributed by atoms with E-state index in [4.69, 9.17) is 0 Å². The van der Waals surface area contributed by atoms with Gasteiger partial charge in [-0.1, -0.05) is 0 Å². The number of benzene rings is 2. The van der Waals surface area contributed by atoms with E-state index < -0.39 is 9.85 Å². The van der Waals surface area contributed by atoms with Gasteiger partial charge in [0.15, 0.2) is 0 Å². The van der Waals surface area contributed by atoms with Gasteiger partial charge >= 0.3 is 0 Å². The zero-order valence-corrected chi connectivity index (χ0v) is 24.0. The van der Waals surface area contributed by atoms with Crippen LogP contribution in [0.15, 0.2) is 12.1 Å². The third kappa shape index (κ3) is 4.82. The minimum Gasteiger partial charge on any atom is -0.314 e. The highest BCUT2D eigenvalue weighted by Gasteiger charge is 2.30. The lowest BCUT2D eigenvalue weighted by molar-refractivity contribution is -0.395. The highest BCUT2D eigenvalue weighted by atomic mass is 127. The van der Waals surface area contributed by atoms with Crippen molar-refractivity contribution in [3.05, 3.63) is 48.6 Å². The topological polar surface area (TPSA) is 127 Å². The summed E-state index contributed by atoms with van der Waals surface area (Å²) in [6.07, 6.45) is 0. The van der Waals surface area contributed by atoms with E-state index in [0.717, 1.165) is 0 Å². The molecular weight excluding hydrogens is 761 g/mol. The van der Waals surface area contributed by atoms with Crippen molar-refractivity contribution in [2.75, 3.05) is 23.9 Å². The van der Waals surface area contributed by atoms with Gasteiger partial charge in [0.05, 0.1) is 24.8 Å². The number of carbonyl (C=O) groups is 2. The average Bonchev–Trinajstić information content (AvgIpc) is 2.67. The lowest BCUT2D eigenvalue weighted by Gasteiger charge is -2.28. The van der Waals surface area contributed by atoms with Crippen molar-refractivity contribution in [1.29, 1.82) is 0 Å². The normalized spacial score (nSPS) is 10.6. The molecule has 32 heavy (non-hydrogen) atoms. The number of nitrogens with zero attached hydrogens (tertiary/aromatic N) is 4. The van der Waals surface area contributed by atoms with Crippen molar-refractivity contribution >= 4 is 102 Å². The number of nitro benzene ring substituents is 2. The first kappa shape index (κ1) is 26.6. The largest absolute Gasteiger partial charge is 0.314 e. The van der Waals surface area contributed by atoms with Gasteiger partial charge in [-0.25, -0.2) is 0 Å². The van der Waals surface area contributed by atoms with E-state index >= 15 is 0 Å². The zero-order valence-electron chi connectivity index (χ0n) is 17.5. The summed E-state index contributed by atoms with van der Waals surface area (Å²) in [5.74, 6) is -0.518. The second-order valence-corrected chi connectivity index (χ2v) is 10.1. The minimum atomic E-state index is -0.663. The predicted molar refractivity (Wildman–Crippen MR) is 146 cm³/mol. The molecule has 170 valence electrons. The van der Waals surface area contributed by atoms with Crippen molar-refractivity contribution in [1.82, 2.24) is 0 Å². The third-order valence-electron chi connectivity index (χ3n) is 4.92. The molecule has 0 heterocycles. The molecule has 0 aliphatic carbocycles. The van der Waals surface area contributed by atoms with Gasteiger partial charge in [-0.15, -0.1) is 0 Å². The number of carbonyl (C=O) groups excluding carboxylic acids is 2. The van der Waals surface area contributed by atoms with Gasteiger partial charge in [-0.3, -0.25) is 29.8 Å². The van der Waals surface area contributed by atoms with E-state index in [9.17, 15) is 29.8 Å². The first-order chi connectivity index (χ1) is 14.7. The smallest absolute Gasteiger partial charge is 0.279 e. The Morgan fingerprint density at radius 2 is 1.16 bits per heavy atom. The fourth-order valence-electron chi connectivity index (χ4n) is 3.00. The lowest BCUT2D eigenvalue weighted by atomic mass is 9.99. The summed E-state index contributed by atoms with van der Waals surface area (Å²) < 4.78 is 1.77. The standard InChI is InChI=1S/C19H17I3N4O6/c1-8-12(25(29)30)6-11(7-13(8)26(31)32)14-15(20)18(23(4)9(2)27)17(22)19(16(14)21)24(5)10(3)28/h6-7H,1-5H3. The van der Waals surface area contributed by atoms with Crippen LogP contribution in [0.3, 0.4) is 0 Å². The summed E-state index contributed by atoms with van der Waals surface area (Å²) in [4.78, 5) is 49.1. The van der Waals surface area contributed by atoms with Gasteiger partial charge < -0.3 is 9.80 Å². The molecule has 2 rings (SSSR count). The van der Waals surface area contributed by atoms with Crippen molar-refractivity contribution < 1.29 is 19.4 Å². The summed E-state index contributed by atoms with van der Waals surface area (Å²) in [5, 5.41) is 23.2. The SMILES string of the molecule is CC(=O)N(C)c1c(I)c(-c2cc([N+](=O)[O-])c(C)c([N+](=O)[O-])c2)c(I)c(N(C)C(C)=O)c1I. The molecule has 0 aromatic heterocycles. The quantitative estimate of drug-likeness (QED) is 0.232. The first-order valence-electron chi connectivity index (χ1n) is 8.85. The summed E-state index contributed by atoms with van der Waals surface area (Å²) in [6, 6.07) is 2.56. The highest BCUT2D eigenvalue weighted by molar-refractivity contribution is 14.1. The molecule has 0 aliphatic rings. The molecule has 0 saturated heterocycles. The number of amides is 2. The molecule has 0 aliphatic heterocycles. The maximum absolute atomic E-state index is 12.2. The second-order valence-electron chi connectivity index (χ2n) is 6.82. The Hall–Kier alpha value is -1.63. The fourth-order valence-corrected chi connectivity index (χ4v) is 8.24. The lowest BCUT2D eigenvalue weighted by Crippen LogP contribution is -2.29. The van der Waals surface area contributed by atoms with Crippen LogP contribution in [0.5, 0.6) is 0 Å². The molecule has 0 radical (unpaired) electrons. The van der Waals surface area contributed by atoms with E-state index in [1.165, 1.54) is 42.7 Å². The van der Waals surface area contributed by atoms with Crippen molar-refractivity contribution in [2.45, 2.75) is 20.8 Å². The third-order valence-corrected chi connectivity index (χ3v) is 8.04. The first-order valence-corrected chi connectivity index (χ1v) is 12.1. The predicted octanol–water partition coefficient (Wildman–Crippen LogP) is 5.26. The van der Waals surface area contributed by atoms with Crippen molar-refractivity contribution in [3.8, 4) is 11.1 Å². The summed E-state index contributed by atoms with van der Waals surface area (Å²) in [7, 11) is 3.16. The van der Waals surface area contributed by atoms with Crippen LogP contribution in [0.2, 0.25) is 0 Å². The molecule has 2 aromatic rings. The number of anilines is 2. The molecule has 0 atom stereocenters. The minimum absolute atomic E-state index is 0.0542. The maximum atomic E-state index is 12.2. The highest BCUT2D eigenvalue weighted by Crippen LogP contribution is 2.47.